The van der Waals surface area contributed by atoms with Crippen LogP contribution in [0, 0.1) is 0 Å². The first-order valence-corrected chi connectivity index (χ1v) is 2.02. The molecule has 0 saturated heterocycles. The lowest BCUT2D eigenvalue weighted by molar-refractivity contribution is 0.318. The molecule has 0 amide bonds. The quantitative estimate of drug-likeness (QED) is 0.432. The number of rotatable bonds is 0. The maximum atomic E-state index is 7.57. The van der Waals surface area contributed by atoms with Crippen molar-refractivity contribution in [3.05, 3.63) is 0 Å². The van der Waals surface area contributed by atoms with Crippen LogP contribution in [0.1, 0.15) is 28.2 Å². The molecule has 0 aromatic heterocycles. The molecule has 0 aliphatic rings. The Morgan fingerprint density at radius 3 is 0.909 bits per heavy atom. The molecular formula is C5H24AlO5. The summed E-state index contributed by atoms with van der Waals surface area (Å²) >= 11 is 0. The predicted octanol–water partition coefficient (Wildman–Crippen LogP) is -2.02. The van der Waals surface area contributed by atoms with Crippen LogP contribution in [0.4, 0.5) is 0 Å². The summed E-state index contributed by atoms with van der Waals surface area (Å²) < 4.78 is 0. The molecule has 11 heavy (non-hydrogen) atoms. The van der Waals surface area contributed by atoms with Crippen LogP contribution in [0.3, 0.4) is 0 Å². The second-order valence-electron chi connectivity index (χ2n) is 0.316. The fourth-order valence-electron chi connectivity index (χ4n) is 0. The van der Waals surface area contributed by atoms with E-state index in [-0.39, 0.29) is 53.3 Å². The van der Waals surface area contributed by atoms with E-state index >= 15 is 0 Å². The van der Waals surface area contributed by atoms with E-state index in [1.54, 1.807) is 6.92 Å². The Hall–Kier alpha value is 0.332. The maximum absolute atomic E-state index is 7.57. The molecule has 9 N–H and O–H groups in total. The summed E-state index contributed by atoms with van der Waals surface area (Å²) in [6.07, 6.45) is 0. The number of aliphatic hydroxyl groups excluding tert-OH is 1. The number of aliphatic hydroxyl groups is 1. The third kappa shape index (κ3) is 6490. The van der Waals surface area contributed by atoms with Crippen molar-refractivity contribution in [3.8, 4) is 0 Å². The zero-order valence-corrected chi connectivity index (χ0v) is 7.89. The van der Waals surface area contributed by atoms with E-state index in [2.05, 4.69) is 0 Å². The second-order valence-corrected chi connectivity index (χ2v) is 0.316. The maximum Gasteiger partial charge on any atom is 0.0402 e. The van der Waals surface area contributed by atoms with E-state index in [1.807, 2.05) is 13.8 Å². The molecule has 0 aromatic carbocycles. The Labute approximate surface area is 79.8 Å². The van der Waals surface area contributed by atoms with E-state index in [9.17, 15) is 0 Å². The summed E-state index contributed by atoms with van der Waals surface area (Å²) in [5, 5.41) is 7.57. The molecule has 6 heteroatoms. The summed E-state index contributed by atoms with van der Waals surface area (Å²) in [5.41, 5.74) is 0. The molecule has 3 radical (unpaired) electrons. The average Bonchev–Trinajstić information content (AvgIpc) is 1.46. The van der Waals surface area contributed by atoms with Gasteiger partial charge >= 0.3 is 0 Å². The molecule has 0 saturated carbocycles. The molecule has 0 fully saturated rings. The van der Waals surface area contributed by atoms with E-state index in [0.717, 1.165) is 0 Å². The molecule has 0 aliphatic heterocycles. The minimum Gasteiger partial charge on any atom is -0.412 e. The summed E-state index contributed by atoms with van der Waals surface area (Å²) in [6.45, 7) is 5.93. The second kappa shape index (κ2) is 507. The van der Waals surface area contributed by atoms with Gasteiger partial charge in [-0.25, -0.2) is 0 Å². The lowest BCUT2D eigenvalue weighted by Crippen LogP contribution is -1.57. The van der Waals surface area contributed by atoms with E-state index in [1.165, 1.54) is 0 Å². The summed E-state index contributed by atoms with van der Waals surface area (Å²) in [4.78, 5) is 0. The van der Waals surface area contributed by atoms with E-state index < -0.39 is 0 Å². The molecule has 0 unspecified atom stereocenters. The van der Waals surface area contributed by atoms with Crippen molar-refractivity contribution in [2.75, 3.05) is 6.61 Å². The average molecular weight is 191 g/mol. The minimum absolute atomic E-state index is 0. The van der Waals surface area contributed by atoms with Crippen molar-refractivity contribution in [1.82, 2.24) is 0 Å². The van der Waals surface area contributed by atoms with Gasteiger partial charge in [-0.15, -0.1) is 0 Å². The third-order valence-electron chi connectivity index (χ3n) is 0. The van der Waals surface area contributed by atoms with Gasteiger partial charge in [-0.2, -0.15) is 0 Å². The topological polar surface area (TPSA) is 146 Å². The summed E-state index contributed by atoms with van der Waals surface area (Å²) in [7, 11) is 0. The van der Waals surface area contributed by atoms with Crippen LogP contribution < -0.4 is 0 Å². The van der Waals surface area contributed by atoms with Crippen LogP contribution in [0.25, 0.3) is 0 Å². The van der Waals surface area contributed by atoms with Crippen LogP contribution >= 0.6 is 0 Å². The van der Waals surface area contributed by atoms with Crippen molar-refractivity contribution in [3.63, 3.8) is 0 Å². The molecule has 0 bridgehead atoms. The van der Waals surface area contributed by atoms with Crippen molar-refractivity contribution >= 4 is 17.4 Å². The molecule has 0 spiro atoms. The zero-order valence-electron chi connectivity index (χ0n) is 6.73. The standard InChI is InChI=1S/C2H6O.C2H6.CH4.Al.4H2O/c1-2-3;1-2;;;;;;/h3H,2H2,1H3;1-2H3;1H4;;4*1H2. The highest BCUT2D eigenvalue weighted by Crippen LogP contribution is 1.30. The zero-order chi connectivity index (χ0) is 4.71. The summed E-state index contributed by atoms with van der Waals surface area (Å²) in [6, 6.07) is 0. The molecule has 0 aromatic rings. The molecule has 0 atom stereocenters. The normalized spacial score (nSPS) is 2.18. The number of hydrogen-bond donors (Lipinski definition) is 1. The largest absolute Gasteiger partial charge is 0.412 e. The molecular weight excluding hydrogens is 167 g/mol. The fourth-order valence-corrected chi connectivity index (χ4v) is 0. The smallest absolute Gasteiger partial charge is 0.0402 e. The van der Waals surface area contributed by atoms with Crippen molar-refractivity contribution < 1.29 is 27.0 Å². The molecule has 0 rings (SSSR count). The minimum atomic E-state index is 0. The Morgan fingerprint density at radius 1 is 0.909 bits per heavy atom. The Morgan fingerprint density at radius 2 is 0.909 bits per heavy atom. The van der Waals surface area contributed by atoms with E-state index in [0.29, 0.717) is 0 Å². The van der Waals surface area contributed by atoms with Crippen molar-refractivity contribution in [2.24, 2.45) is 0 Å². The van der Waals surface area contributed by atoms with Gasteiger partial charge in [-0.05, 0) is 6.92 Å². The first-order chi connectivity index (χ1) is 2.41. The van der Waals surface area contributed by atoms with Crippen LogP contribution in [0.15, 0.2) is 0 Å². The third-order valence-corrected chi connectivity index (χ3v) is 0. The van der Waals surface area contributed by atoms with Gasteiger partial charge in [-0.3, -0.25) is 0 Å². The molecule has 0 heterocycles. The SMILES string of the molecule is C.CC.CCO.O.O.O.O.[Al]. The van der Waals surface area contributed by atoms with Crippen molar-refractivity contribution in [1.29, 1.82) is 0 Å². The highest BCUT2D eigenvalue weighted by molar-refractivity contribution is 5.75. The Balaban J connectivity index is -0.00000000181. The van der Waals surface area contributed by atoms with Crippen LogP contribution in [0.2, 0.25) is 0 Å². The lowest BCUT2D eigenvalue weighted by atomic mass is 10.9. The number of hydrogen-bond acceptors (Lipinski definition) is 1. The van der Waals surface area contributed by atoms with Gasteiger partial charge in [0.05, 0.1) is 0 Å². The lowest BCUT2D eigenvalue weighted by Gasteiger charge is -1.52. The van der Waals surface area contributed by atoms with Gasteiger partial charge in [-0.1, -0.05) is 21.3 Å². The molecule has 77 valence electrons. The molecule has 0 aliphatic carbocycles. The van der Waals surface area contributed by atoms with Crippen LogP contribution in [-0.2, 0) is 0 Å². The van der Waals surface area contributed by atoms with Gasteiger partial charge in [0.15, 0.2) is 0 Å². The Bertz CT molecular complexity index is 14.8. The highest BCUT2D eigenvalue weighted by atomic mass is 27.0. The van der Waals surface area contributed by atoms with Gasteiger partial charge in [0.2, 0.25) is 0 Å². The highest BCUT2D eigenvalue weighted by Gasteiger charge is 1.34. The van der Waals surface area contributed by atoms with Gasteiger partial charge in [0.1, 0.15) is 0 Å². The first-order valence-electron chi connectivity index (χ1n) is 2.02. The first kappa shape index (κ1) is 109. The van der Waals surface area contributed by atoms with Gasteiger partial charge < -0.3 is 27.0 Å². The monoisotopic (exact) mass is 191 g/mol. The van der Waals surface area contributed by atoms with Crippen LogP contribution in [0.5, 0.6) is 0 Å². The molecule has 5 nitrogen and oxygen atoms in total. The van der Waals surface area contributed by atoms with Gasteiger partial charge in [0.25, 0.3) is 0 Å². The van der Waals surface area contributed by atoms with Gasteiger partial charge in [0, 0.05) is 24.0 Å². The van der Waals surface area contributed by atoms with Crippen molar-refractivity contribution in [2.45, 2.75) is 28.2 Å². The van der Waals surface area contributed by atoms with E-state index in [4.69, 9.17) is 5.11 Å². The van der Waals surface area contributed by atoms with Crippen LogP contribution in [-0.4, -0.2) is 51.0 Å². The summed E-state index contributed by atoms with van der Waals surface area (Å²) in [5.74, 6) is 0. The Kier molecular flexibility index (Phi) is 5020. The fraction of sp³-hybridized carbons (Fsp3) is 1.00. The predicted molar refractivity (Wildman–Crippen MR) is 51.0 cm³/mol.